The van der Waals surface area contributed by atoms with Crippen LogP contribution in [-0.4, -0.2) is 4.98 Å². The van der Waals surface area contributed by atoms with Crippen molar-refractivity contribution in [3.05, 3.63) is 39.9 Å². The molecule has 90 valence electrons. The minimum atomic E-state index is -0.453. The molecule has 16 heavy (non-hydrogen) atoms. The lowest BCUT2D eigenvalue weighted by Gasteiger charge is -2.05. The highest BCUT2D eigenvalue weighted by Gasteiger charge is 2.10. The number of hydrogen-bond donors (Lipinski definition) is 2. The molecule has 1 aromatic heterocycles. The van der Waals surface area contributed by atoms with Crippen LogP contribution >= 0.6 is 50.9 Å². The third-order valence-corrected chi connectivity index (χ3v) is 3.27. The molecule has 0 fully saturated rings. The summed E-state index contributed by atoms with van der Waals surface area (Å²) >= 11 is 15.5. The van der Waals surface area contributed by atoms with Crippen molar-refractivity contribution in [1.82, 2.24) is 4.98 Å². The van der Waals surface area contributed by atoms with Gasteiger partial charge in [0.2, 0.25) is 5.95 Å². The minimum Gasteiger partial charge on any atom is -0.226 e. The van der Waals surface area contributed by atoms with Gasteiger partial charge in [-0.1, -0.05) is 17.7 Å². The van der Waals surface area contributed by atoms with E-state index in [4.69, 9.17) is 11.6 Å². The number of hydrogen-bond acceptors (Lipinski definition) is 3. The summed E-state index contributed by atoms with van der Waals surface area (Å²) in [6.07, 6.45) is 5.44. The van der Waals surface area contributed by atoms with Gasteiger partial charge in [-0.3, -0.25) is 0 Å². The van der Waals surface area contributed by atoms with Crippen LogP contribution in [0.25, 0.3) is 0 Å². The SMILES string of the molecule is C=CCCCc1c(F)ncc(Cl)c1Br.SS. The molecule has 0 aliphatic heterocycles. The second-order valence-electron chi connectivity index (χ2n) is 2.87. The number of thiol groups is 2. The lowest BCUT2D eigenvalue weighted by Crippen LogP contribution is -1.96. The van der Waals surface area contributed by atoms with Gasteiger partial charge in [-0.25, -0.2) is 4.98 Å². The fraction of sp³-hybridized carbons (Fsp3) is 0.300. The van der Waals surface area contributed by atoms with Crippen LogP contribution in [0.1, 0.15) is 18.4 Å². The summed E-state index contributed by atoms with van der Waals surface area (Å²) in [5, 5.41) is 0.444. The predicted molar refractivity (Wildman–Crippen MR) is 78.0 cm³/mol. The van der Waals surface area contributed by atoms with Crippen molar-refractivity contribution in [3.63, 3.8) is 0 Å². The molecule has 6 heteroatoms. The molecular weight excluding hydrogens is 333 g/mol. The van der Waals surface area contributed by atoms with Crippen molar-refractivity contribution in [2.24, 2.45) is 0 Å². The summed E-state index contributed by atoms with van der Waals surface area (Å²) in [6, 6.07) is 0. The molecule has 0 spiro atoms. The van der Waals surface area contributed by atoms with E-state index in [1.807, 2.05) is 6.08 Å². The molecule has 0 N–H and O–H groups in total. The fourth-order valence-electron chi connectivity index (χ4n) is 1.12. The van der Waals surface area contributed by atoms with Gasteiger partial charge in [0.05, 0.1) is 5.02 Å². The van der Waals surface area contributed by atoms with Crippen LogP contribution in [-0.2, 0) is 6.42 Å². The number of rotatable bonds is 4. The van der Waals surface area contributed by atoms with Crippen molar-refractivity contribution in [1.29, 1.82) is 0 Å². The molecule has 1 rings (SSSR count). The zero-order valence-electron chi connectivity index (χ0n) is 8.46. The quantitative estimate of drug-likeness (QED) is 0.260. The van der Waals surface area contributed by atoms with Crippen LogP contribution in [0.5, 0.6) is 0 Å². The van der Waals surface area contributed by atoms with Crippen molar-refractivity contribution in [2.45, 2.75) is 19.3 Å². The Kier molecular flexibility index (Phi) is 9.50. The van der Waals surface area contributed by atoms with Crippen LogP contribution in [0.2, 0.25) is 5.02 Å². The highest BCUT2D eigenvalue weighted by atomic mass is 79.9. The number of nitrogens with zero attached hydrogens (tertiary/aromatic N) is 1. The molecule has 1 nitrogen and oxygen atoms in total. The highest BCUT2D eigenvalue weighted by Crippen LogP contribution is 2.28. The van der Waals surface area contributed by atoms with Crippen molar-refractivity contribution in [3.8, 4) is 0 Å². The Balaban J connectivity index is 0.00000106. The molecule has 0 aliphatic rings. The summed E-state index contributed by atoms with van der Waals surface area (Å²) in [6.45, 7) is 3.61. The third-order valence-electron chi connectivity index (χ3n) is 1.85. The monoisotopic (exact) mass is 343 g/mol. The van der Waals surface area contributed by atoms with E-state index in [2.05, 4.69) is 50.8 Å². The Morgan fingerprint density at radius 1 is 1.56 bits per heavy atom. The molecule has 0 atom stereocenters. The molecule has 0 saturated carbocycles. The third kappa shape index (κ3) is 5.08. The van der Waals surface area contributed by atoms with E-state index in [1.54, 1.807) is 0 Å². The van der Waals surface area contributed by atoms with Gasteiger partial charge in [0, 0.05) is 16.2 Å². The highest BCUT2D eigenvalue weighted by molar-refractivity contribution is 9.10. The first-order valence-electron chi connectivity index (χ1n) is 4.46. The van der Waals surface area contributed by atoms with E-state index in [0.717, 1.165) is 12.8 Å². The van der Waals surface area contributed by atoms with Gasteiger partial charge >= 0.3 is 0 Å². The first-order chi connectivity index (χ1) is 7.66. The normalized spacial score (nSPS) is 9.31. The molecule has 0 amide bonds. The van der Waals surface area contributed by atoms with E-state index < -0.39 is 5.95 Å². The summed E-state index contributed by atoms with van der Waals surface area (Å²) in [5.74, 6) is -0.453. The lowest BCUT2D eigenvalue weighted by molar-refractivity contribution is 0.561. The van der Waals surface area contributed by atoms with Crippen molar-refractivity contribution in [2.75, 3.05) is 0 Å². The number of allylic oxidation sites excluding steroid dienone is 1. The van der Waals surface area contributed by atoms with Crippen LogP contribution in [0, 0.1) is 5.95 Å². The van der Waals surface area contributed by atoms with Gasteiger partial charge in [0.15, 0.2) is 0 Å². The maximum Gasteiger partial charge on any atom is 0.217 e. The van der Waals surface area contributed by atoms with Gasteiger partial charge in [-0.05, 0) is 35.2 Å². The summed E-state index contributed by atoms with van der Waals surface area (Å²) in [7, 11) is 0. The first-order valence-corrected chi connectivity index (χ1v) is 7.23. The van der Waals surface area contributed by atoms with Crippen LogP contribution in [0.15, 0.2) is 23.3 Å². The standard InChI is InChI=1S/C10H10BrClFN.H2S2/c1-2-3-4-5-7-9(11)8(12)6-14-10(7)13;1-2/h2,6H,1,3-5H2;1-2H. The van der Waals surface area contributed by atoms with E-state index in [1.165, 1.54) is 6.20 Å². The zero-order chi connectivity index (χ0) is 12.6. The van der Waals surface area contributed by atoms with E-state index in [0.29, 0.717) is 21.5 Å². The Labute approximate surface area is 119 Å². The van der Waals surface area contributed by atoms with Gasteiger partial charge in [0.1, 0.15) is 0 Å². The Morgan fingerprint density at radius 2 is 2.19 bits per heavy atom. The van der Waals surface area contributed by atoms with Gasteiger partial charge in [-0.2, -0.15) is 4.39 Å². The largest absolute Gasteiger partial charge is 0.226 e. The first kappa shape index (κ1) is 16.3. The summed E-state index contributed by atoms with van der Waals surface area (Å²) in [5.41, 5.74) is 0.541. The van der Waals surface area contributed by atoms with E-state index >= 15 is 0 Å². The minimum absolute atomic E-state index is 0.444. The summed E-state index contributed by atoms with van der Waals surface area (Å²) < 4.78 is 13.8. The smallest absolute Gasteiger partial charge is 0.217 e. The molecule has 0 saturated heterocycles. The maximum atomic E-state index is 13.2. The number of aromatic nitrogens is 1. The lowest BCUT2D eigenvalue weighted by atomic mass is 10.1. The second-order valence-corrected chi connectivity index (χ2v) is 4.07. The Morgan fingerprint density at radius 3 is 2.75 bits per heavy atom. The average molecular weight is 345 g/mol. The molecular formula is C10H12BrClFNS2. The van der Waals surface area contributed by atoms with Crippen LogP contribution in [0.3, 0.4) is 0 Å². The van der Waals surface area contributed by atoms with Crippen LogP contribution < -0.4 is 0 Å². The Hall–Kier alpha value is 0.290. The van der Waals surface area contributed by atoms with Gasteiger partial charge < -0.3 is 0 Å². The summed E-state index contributed by atoms with van der Waals surface area (Å²) in [4.78, 5) is 3.56. The number of halogens is 3. The topological polar surface area (TPSA) is 12.9 Å². The molecule has 0 aromatic carbocycles. The van der Waals surface area contributed by atoms with Gasteiger partial charge in [-0.15, -0.1) is 29.9 Å². The Bertz CT molecular complexity index is 350. The number of unbranched alkanes of at least 4 members (excludes halogenated alkanes) is 1. The molecule has 0 unspecified atom stereocenters. The molecule has 0 radical (unpaired) electrons. The zero-order valence-corrected chi connectivity index (χ0v) is 12.6. The number of pyridine rings is 1. The molecule has 0 bridgehead atoms. The van der Waals surface area contributed by atoms with E-state index in [-0.39, 0.29) is 0 Å². The van der Waals surface area contributed by atoms with E-state index in [9.17, 15) is 4.39 Å². The fourth-order valence-corrected chi connectivity index (χ4v) is 1.75. The van der Waals surface area contributed by atoms with Crippen molar-refractivity contribution >= 4 is 50.9 Å². The van der Waals surface area contributed by atoms with Crippen LogP contribution in [0.4, 0.5) is 4.39 Å². The second kappa shape index (κ2) is 9.33. The average Bonchev–Trinajstić information content (AvgIpc) is 2.31. The molecule has 1 heterocycles. The predicted octanol–water partition coefficient (Wildman–Crippen LogP) is 4.91. The van der Waals surface area contributed by atoms with Crippen molar-refractivity contribution < 1.29 is 4.39 Å². The van der Waals surface area contributed by atoms with Gasteiger partial charge in [0.25, 0.3) is 0 Å². The maximum absolute atomic E-state index is 13.2. The molecule has 0 aliphatic carbocycles. The molecule has 1 aromatic rings.